The lowest BCUT2D eigenvalue weighted by atomic mass is 10.3. The van der Waals surface area contributed by atoms with E-state index in [1.165, 1.54) is 30.0 Å². The number of hydrogen-bond acceptors (Lipinski definition) is 6. The van der Waals surface area contributed by atoms with Gasteiger partial charge in [0.05, 0.1) is 16.3 Å². The summed E-state index contributed by atoms with van der Waals surface area (Å²) in [7, 11) is 3.66. The second-order valence-corrected chi connectivity index (χ2v) is 6.60. The lowest BCUT2D eigenvalue weighted by Gasteiger charge is -2.11. The SMILES string of the molecule is CC(=O)c1sc(NC(=O)CSC(=S)N(C)C)nc1C. The van der Waals surface area contributed by atoms with Gasteiger partial charge in [-0.3, -0.25) is 9.59 Å². The zero-order valence-electron chi connectivity index (χ0n) is 11.1. The Bertz CT molecular complexity index is 511. The van der Waals surface area contributed by atoms with Crippen LogP contribution < -0.4 is 5.32 Å². The van der Waals surface area contributed by atoms with E-state index in [1.54, 1.807) is 11.8 Å². The predicted molar refractivity (Wildman–Crippen MR) is 84.2 cm³/mol. The summed E-state index contributed by atoms with van der Waals surface area (Å²) >= 11 is 7.55. The fraction of sp³-hybridized carbons (Fsp3) is 0.455. The molecule has 1 N–H and O–H groups in total. The second kappa shape index (κ2) is 6.97. The molecule has 0 radical (unpaired) electrons. The van der Waals surface area contributed by atoms with Crippen LogP contribution in [0, 0.1) is 6.92 Å². The van der Waals surface area contributed by atoms with E-state index in [2.05, 4.69) is 10.3 Å². The quantitative estimate of drug-likeness (QED) is 0.678. The van der Waals surface area contributed by atoms with Crippen molar-refractivity contribution in [2.24, 2.45) is 0 Å². The molecular formula is C11H15N3O2S3. The van der Waals surface area contributed by atoms with Crippen LogP contribution in [0.4, 0.5) is 5.13 Å². The van der Waals surface area contributed by atoms with Crippen molar-refractivity contribution in [1.29, 1.82) is 0 Å². The van der Waals surface area contributed by atoms with E-state index in [0.29, 0.717) is 20.0 Å². The minimum atomic E-state index is -0.182. The molecule has 0 unspecified atom stereocenters. The number of aryl methyl sites for hydroxylation is 1. The van der Waals surface area contributed by atoms with Crippen molar-refractivity contribution in [2.75, 3.05) is 25.2 Å². The van der Waals surface area contributed by atoms with Gasteiger partial charge >= 0.3 is 0 Å². The highest BCUT2D eigenvalue weighted by molar-refractivity contribution is 8.23. The molecule has 1 aromatic rings. The molecule has 8 heteroatoms. The minimum absolute atomic E-state index is 0.0429. The van der Waals surface area contributed by atoms with E-state index in [9.17, 15) is 9.59 Å². The van der Waals surface area contributed by atoms with Crippen LogP contribution in [0.2, 0.25) is 0 Å². The molecular weight excluding hydrogens is 302 g/mol. The standard InChI is InChI=1S/C11H15N3O2S3/c1-6-9(7(2)15)19-10(12-6)13-8(16)5-18-11(17)14(3)4/h5H2,1-4H3,(H,12,13,16). The third kappa shape index (κ3) is 4.88. The molecule has 1 amide bonds. The molecule has 0 fully saturated rings. The highest BCUT2D eigenvalue weighted by Crippen LogP contribution is 2.23. The first-order valence-electron chi connectivity index (χ1n) is 5.43. The summed E-state index contributed by atoms with van der Waals surface area (Å²) in [5.74, 6) is 0.00196. The molecule has 0 aliphatic heterocycles. The first-order valence-corrected chi connectivity index (χ1v) is 7.64. The molecule has 0 bridgehead atoms. The van der Waals surface area contributed by atoms with E-state index in [1.807, 2.05) is 14.1 Å². The number of Topliss-reactive ketones (excluding diaryl/α,β-unsaturated/α-hetero) is 1. The summed E-state index contributed by atoms with van der Waals surface area (Å²) in [6.07, 6.45) is 0. The lowest BCUT2D eigenvalue weighted by molar-refractivity contribution is -0.113. The molecule has 104 valence electrons. The van der Waals surface area contributed by atoms with Gasteiger partial charge in [-0.1, -0.05) is 35.3 Å². The topological polar surface area (TPSA) is 62.3 Å². The highest BCUT2D eigenvalue weighted by Gasteiger charge is 2.13. The largest absolute Gasteiger partial charge is 0.364 e. The lowest BCUT2D eigenvalue weighted by Crippen LogP contribution is -2.20. The number of carbonyl (C=O) groups excluding carboxylic acids is 2. The first-order chi connectivity index (χ1) is 8.81. The van der Waals surface area contributed by atoms with Crippen molar-refractivity contribution in [3.63, 3.8) is 0 Å². The molecule has 0 atom stereocenters. The van der Waals surface area contributed by atoms with E-state index < -0.39 is 0 Å². The summed E-state index contributed by atoms with van der Waals surface area (Å²) in [6.45, 7) is 3.23. The molecule has 0 aromatic carbocycles. The summed E-state index contributed by atoms with van der Waals surface area (Å²) in [4.78, 5) is 29.5. The predicted octanol–water partition coefficient (Wildman–Crippen LogP) is 2.17. The average molecular weight is 317 g/mol. The first kappa shape index (κ1) is 16.1. The van der Waals surface area contributed by atoms with E-state index >= 15 is 0 Å². The van der Waals surface area contributed by atoms with Crippen molar-refractivity contribution in [2.45, 2.75) is 13.8 Å². The van der Waals surface area contributed by atoms with Gasteiger partial charge in [0.15, 0.2) is 10.9 Å². The molecule has 1 heterocycles. The van der Waals surface area contributed by atoms with Gasteiger partial charge in [-0.05, 0) is 6.92 Å². The molecule has 0 saturated heterocycles. The van der Waals surface area contributed by atoms with Gasteiger partial charge in [0.25, 0.3) is 0 Å². The monoisotopic (exact) mass is 317 g/mol. The van der Waals surface area contributed by atoms with Gasteiger partial charge in [0.2, 0.25) is 5.91 Å². The zero-order valence-corrected chi connectivity index (χ0v) is 13.6. The van der Waals surface area contributed by atoms with Crippen LogP contribution in [0.3, 0.4) is 0 Å². The van der Waals surface area contributed by atoms with Gasteiger partial charge in [-0.2, -0.15) is 0 Å². The van der Waals surface area contributed by atoms with Crippen molar-refractivity contribution in [3.05, 3.63) is 10.6 Å². The maximum Gasteiger partial charge on any atom is 0.236 e. The number of ketones is 1. The molecule has 1 aromatic heterocycles. The number of thioether (sulfide) groups is 1. The number of anilines is 1. The highest BCUT2D eigenvalue weighted by atomic mass is 32.2. The van der Waals surface area contributed by atoms with Gasteiger partial charge in [0, 0.05) is 21.0 Å². The van der Waals surface area contributed by atoms with Gasteiger partial charge in [-0.25, -0.2) is 4.98 Å². The van der Waals surface area contributed by atoms with Crippen molar-refractivity contribution in [3.8, 4) is 0 Å². The van der Waals surface area contributed by atoms with E-state index in [0.717, 1.165) is 0 Å². The molecule has 0 spiro atoms. The van der Waals surface area contributed by atoms with Crippen LogP contribution in [0.5, 0.6) is 0 Å². The van der Waals surface area contributed by atoms with E-state index in [4.69, 9.17) is 12.2 Å². The van der Waals surface area contributed by atoms with Crippen LogP contribution in [-0.4, -0.2) is 45.7 Å². The summed E-state index contributed by atoms with van der Waals surface area (Å²) in [5.41, 5.74) is 0.643. The Hall–Kier alpha value is -0.990. The summed E-state index contributed by atoms with van der Waals surface area (Å²) < 4.78 is 0.648. The molecule has 0 saturated carbocycles. The number of rotatable bonds is 4. The molecule has 1 rings (SSSR count). The van der Waals surface area contributed by atoms with Crippen LogP contribution in [-0.2, 0) is 4.79 Å². The van der Waals surface area contributed by atoms with Crippen molar-refractivity contribution >= 4 is 56.5 Å². The van der Waals surface area contributed by atoms with Gasteiger partial charge in [0.1, 0.15) is 4.32 Å². The van der Waals surface area contributed by atoms with Crippen LogP contribution in [0.25, 0.3) is 0 Å². The maximum atomic E-state index is 11.7. The zero-order chi connectivity index (χ0) is 14.6. The number of nitrogens with zero attached hydrogens (tertiary/aromatic N) is 2. The number of carbonyl (C=O) groups is 2. The Morgan fingerprint density at radius 1 is 1.47 bits per heavy atom. The van der Waals surface area contributed by atoms with Crippen molar-refractivity contribution in [1.82, 2.24) is 9.88 Å². The normalized spacial score (nSPS) is 10.1. The molecule has 5 nitrogen and oxygen atoms in total. The number of thiazole rings is 1. The summed E-state index contributed by atoms with van der Waals surface area (Å²) in [5, 5.41) is 3.12. The smallest absolute Gasteiger partial charge is 0.236 e. The van der Waals surface area contributed by atoms with Crippen molar-refractivity contribution < 1.29 is 9.59 Å². The number of hydrogen-bond donors (Lipinski definition) is 1. The Balaban J connectivity index is 2.56. The van der Waals surface area contributed by atoms with Crippen LogP contribution in [0.15, 0.2) is 0 Å². The Morgan fingerprint density at radius 3 is 2.58 bits per heavy atom. The average Bonchev–Trinajstić information content (AvgIpc) is 2.67. The number of aromatic nitrogens is 1. The van der Waals surface area contributed by atoms with E-state index in [-0.39, 0.29) is 17.4 Å². The second-order valence-electron chi connectivity index (χ2n) is 3.99. The third-order valence-corrected chi connectivity index (χ3v) is 4.97. The van der Waals surface area contributed by atoms with Crippen LogP contribution in [0.1, 0.15) is 22.3 Å². The van der Waals surface area contributed by atoms with Crippen LogP contribution >= 0.6 is 35.3 Å². The molecule has 0 aliphatic carbocycles. The Kier molecular flexibility index (Phi) is 5.89. The number of nitrogens with one attached hydrogen (secondary N) is 1. The number of thiocarbonyl (C=S) groups is 1. The Morgan fingerprint density at radius 2 is 2.11 bits per heavy atom. The van der Waals surface area contributed by atoms with Gasteiger partial charge in [-0.15, -0.1) is 0 Å². The summed E-state index contributed by atoms with van der Waals surface area (Å²) in [6, 6.07) is 0. The molecule has 0 aliphatic rings. The fourth-order valence-corrected chi connectivity index (χ4v) is 2.83. The Labute approximate surface area is 125 Å². The third-order valence-electron chi connectivity index (χ3n) is 2.05. The van der Waals surface area contributed by atoms with Gasteiger partial charge < -0.3 is 10.2 Å². The number of amides is 1. The minimum Gasteiger partial charge on any atom is -0.364 e. The fourth-order valence-electron chi connectivity index (χ4n) is 1.19. The maximum absolute atomic E-state index is 11.7. The molecule has 19 heavy (non-hydrogen) atoms.